The number of para-hydroxylation sites is 1. The molecule has 2 aromatic rings. The van der Waals surface area contributed by atoms with Crippen molar-refractivity contribution in [3.63, 3.8) is 0 Å². The molecule has 0 aliphatic carbocycles. The summed E-state index contributed by atoms with van der Waals surface area (Å²) in [7, 11) is -0.667. The Bertz CT molecular complexity index is 1010. The molecule has 5 heterocycles. The van der Waals surface area contributed by atoms with E-state index < -0.39 is 21.4 Å². The van der Waals surface area contributed by atoms with Crippen LogP contribution in [0.1, 0.15) is 30.6 Å². The van der Waals surface area contributed by atoms with Gasteiger partial charge in [-0.15, -0.1) is 21.8 Å². The normalized spacial score (nSPS) is 29.9. The van der Waals surface area contributed by atoms with Gasteiger partial charge in [0.1, 0.15) is 12.3 Å². The number of aliphatic hydroxyl groups is 1. The summed E-state index contributed by atoms with van der Waals surface area (Å²) in [6.45, 7) is 4.85. The number of piperidine rings is 3. The van der Waals surface area contributed by atoms with Crippen LogP contribution >= 0.6 is 21.8 Å². The van der Waals surface area contributed by atoms with Crippen molar-refractivity contribution in [1.29, 1.82) is 0 Å². The fraction of sp³-hybridized carbons (Fsp3) is 0.462. The molecule has 2 unspecified atom stereocenters. The number of benzene rings is 1. The highest BCUT2D eigenvalue weighted by Gasteiger charge is 2.51. The van der Waals surface area contributed by atoms with E-state index in [1.54, 1.807) is 0 Å². The summed E-state index contributed by atoms with van der Waals surface area (Å²) in [5.41, 5.74) is 0. The van der Waals surface area contributed by atoms with Gasteiger partial charge in [0.2, 0.25) is 4.93 Å². The van der Waals surface area contributed by atoms with E-state index in [9.17, 15) is 9.90 Å². The van der Waals surface area contributed by atoms with Crippen LogP contribution in [0, 0.1) is 5.92 Å². The van der Waals surface area contributed by atoms with Crippen LogP contribution in [-0.4, -0.2) is 59.8 Å². The van der Waals surface area contributed by atoms with Crippen LogP contribution in [0.4, 0.5) is 0 Å². The zero-order valence-corrected chi connectivity index (χ0v) is 20.4. The van der Waals surface area contributed by atoms with E-state index in [4.69, 9.17) is 9.47 Å². The van der Waals surface area contributed by atoms with Crippen molar-refractivity contribution < 1.29 is 23.9 Å². The number of hydrogen-bond donors (Lipinski definition) is 1. The van der Waals surface area contributed by atoms with Gasteiger partial charge in [-0.1, -0.05) is 30.3 Å². The lowest BCUT2D eigenvalue weighted by molar-refractivity contribution is -0.946. The molecule has 3 atom stereocenters. The number of hydrogen-bond acceptors (Lipinski definition) is 5. The van der Waals surface area contributed by atoms with Crippen molar-refractivity contribution in [2.24, 2.45) is 5.92 Å². The standard InChI is InChI=1S/C26H32NO4S2/c28-25(26(29,24-10-6-17-32-24)33-18-4-5-19-33)31-23-20-27(14-11-21(23)12-15-27)13-7-16-30-22-8-2-1-3-9-22/h1-4,6,8-10,17-19,21,23,29H,5,7,11-16,20H2/q+1/t21?,23-,26?,27?,33?/m1/s1. The van der Waals surface area contributed by atoms with E-state index >= 15 is 0 Å². The van der Waals surface area contributed by atoms with Gasteiger partial charge < -0.3 is 19.1 Å². The Morgan fingerprint density at radius 3 is 2.70 bits per heavy atom. The fourth-order valence-electron chi connectivity index (χ4n) is 5.37. The molecule has 0 spiro atoms. The highest BCUT2D eigenvalue weighted by Crippen LogP contribution is 2.46. The third kappa shape index (κ3) is 4.69. The molecular weight excluding hydrogens is 454 g/mol. The molecular formula is C26H32NO4S2+. The second kappa shape index (κ2) is 9.74. The van der Waals surface area contributed by atoms with Gasteiger partial charge in [-0.3, -0.25) is 0 Å². The lowest BCUT2D eigenvalue weighted by Crippen LogP contribution is -2.65. The highest BCUT2D eigenvalue weighted by molar-refractivity contribution is 8.19. The van der Waals surface area contributed by atoms with E-state index in [2.05, 4.69) is 0 Å². The summed E-state index contributed by atoms with van der Waals surface area (Å²) in [6, 6.07) is 13.7. The first-order valence-electron chi connectivity index (χ1n) is 11.8. The molecule has 4 aliphatic heterocycles. The Labute approximate surface area is 202 Å². The van der Waals surface area contributed by atoms with Gasteiger partial charge in [0, 0.05) is 25.2 Å². The first-order valence-corrected chi connectivity index (χ1v) is 14.0. The number of allylic oxidation sites excluding steroid dienone is 1. The van der Waals surface area contributed by atoms with Crippen molar-refractivity contribution in [1.82, 2.24) is 0 Å². The average Bonchev–Trinajstić information content (AvgIpc) is 3.58. The monoisotopic (exact) mass is 486 g/mol. The van der Waals surface area contributed by atoms with Crippen molar-refractivity contribution in [2.75, 3.05) is 32.8 Å². The van der Waals surface area contributed by atoms with E-state index in [1.165, 1.54) is 11.3 Å². The molecule has 4 aliphatic rings. The number of carbonyl (C=O) groups excluding carboxylic acids is 1. The molecule has 3 saturated heterocycles. The maximum Gasteiger partial charge on any atom is 0.355 e. The number of ether oxygens (including phenoxy) is 2. The molecule has 0 saturated carbocycles. The lowest BCUT2D eigenvalue weighted by atomic mass is 9.83. The first kappa shape index (κ1) is 22.8. The van der Waals surface area contributed by atoms with Gasteiger partial charge in [0.15, 0.2) is 6.10 Å². The molecule has 5 nitrogen and oxygen atoms in total. The van der Waals surface area contributed by atoms with Gasteiger partial charge in [0.05, 0.1) is 31.1 Å². The molecule has 2 bridgehead atoms. The Morgan fingerprint density at radius 1 is 1.18 bits per heavy atom. The molecule has 0 amide bonds. The molecule has 0 radical (unpaired) electrons. The number of quaternary nitrogens is 1. The Kier molecular flexibility index (Phi) is 6.74. The molecule has 6 rings (SSSR count). The van der Waals surface area contributed by atoms with Crippen molar-refractivity contribution in [3.8, 4) is 5.75 Å². The molecule has 1 N–H and O–H groups in total. The molecule has 33 heavy (non-hydrogen) atoms. The molecule has 3 fully saturated rings. The summed E-state index contributed by atoms with van der Waals surface area (Å²) in [6.07, 6.45) is 5.79. The summed E-state index contributed by atoms with van der Waals surface area (Å²) in [5, 5.41) is 17.5. The van der Waals surface area contributed by atoms with Crippen LogP contribution in [0.15, 0.2) is 59.3 Å². The third-order valence-electron chi connectivity index (χ3n) is 7.22. The van der Waals surface area contributed by atoms with Crippen molar-refractivity contribution in [2.45, 2.75) is 36.7 Å². The topological polar surface area (TPSA) is 55.8 Å². The zero-order valence-electron chi connectivity index (χ0n) is 18.8. The predicted octanol–water partition coefficient (Wildman–Crippen LogP) is 4.50. The summed E-state index contributed by atoms with van der Waals surface area (Å²) in [4.78, 5) is 12.5. The minimum absolute atomic E-state index is 0.128. The first-order chi connectivity index (χ1) is 16.1. The SMILES string of the molecule is O=C(O[C@@H]1C[N+]2(CCCOc3ccccc3)CCC1CC2)C(O)(c1cccs1)S1=CCC=C1. The van der Waals surface area contributed by atoms with E-state index in [0.29, 0.717) is 17.4 Å². The van der Waals surface area contributed by atoms with Gasteiger partial charge in [-0.25, -0.2) is 4.79 Å². The number of thiophene rings is 1. The van der Waals surface area contributed by atoms with Gasteiger partial charge >= 0.3 is 5.97 Å². The molecule has 176 valence electrons. The van der Waals surface area contributed by atoms with Crippen molar-refractivity contribution in [3.05, 3.63) is 64.2 Å². The Balaban J connectivity index is 1.23. The third-order valence-corrected chi connectivity index (χ3v) is 10.4. The second-order valence-corrected chi connectivity index (χ2v) is 12.1. The Morgan fingerprint density at radius 2 is 2.00 bits per heavy atom. The summed E-state index contributed by atoms with van der Waals surface area (Å²) >= 11 is 1.42. The minimum Gasteiger partial charge on any atom is -0.493 e. The summed E-state index contributed by atoms with van der Waals surface area (Å²) in [5.74, 6) is 0.821. The smallest absolute Gasteiger partial charge is 0.355 e. The number of rotatable bonds is 9. The van der Waals surface area contributed by atoms with Crippen LogP contribution in [0.2, 0.25) is 0 Å². The maximum atomic E-state index is 13.5. The summed E-state index contributed by atoms with van der Waals surface area (Å²) < 4.78 is 13.0. The van der Waals surface area contributed by atoms with Gasteiger partial charge in [-0.2, -0.15) is 0 Å². The van der Waals surface area contributed by atoms with Gasteiger partial charge in [0.25, 0.3) is 0 Å². The number of nitrogens with zero attached hydrogens (tertiary/aromatic N) is 1. The van der Waals surface area contributed by atoms with Crippen LogP contribution < -0.4 is 4.74 Å². The van der Waals surface area contributed by atoms with E-state index in [-0.39, 0.29) is 6.10 Å². The number of esters is 1. The largest absolute Gasteiger partial charge is 0.493 e. The van der Waals surface area contributed by atoms with Crippen LogP contribution in [0.25, 0.3) is 0 Å². The van der Waals surface area contributed by atoms with Gasteiger partial charge in [-0.05, 0) is 40.8 Å². The van der Waals surface area contributed by atoms with E-state index in [1.807, 2.05) is 64.7 Å². The van der Waals surface area contributed by atoms with Crippen LogP contribution in [0.5, 0.6) is 5.75 Å². The lowest BCUT2D eigenvalue weighted by Gasteiger charge is -2.52. The quantitative estimate of drug-likeness (QED) is 0.245. The minimum atomic E-state index is -1.61. The number of carbonyl (C=O) groups is 1. The second-order valence-electron chi connectivity index (χ2n) is 9.26. The zero-order chi connectivity index (χ0) is 22.7. The Hall–Kier alpha value is -1.93. The van der Waals surface area contributed by atoms with Crippen LogP contribution in [0.3, 0.4) is 0 Å². The number of fused-ring (bicyclic) bond motifs is 3. The average molecular weight is 487 g/mol. The van der Waals surface area contributed by atoms with Crippen molar-refractivity contribution >= 4 is 33.2 Å². The highest BCUT2D eigenvalue weighted by atomic mass is 32.2. The molecule has 1 aromatic heterocycles. The molecule has 7 heteroatoms. The predicted molar refractivity (Wildman–Crippen MR) is 135 cm³/mol. The van der Waals surface area contributed by atoms with E-state index in [0.717, 1.165) is 62.1 Å². The maximum absolute atomic E-state index is 13.5. The van der Waals surface area contributed by atoms with Crippen LogP contribution in [-0.2, 0) is 14.5 Å². The fourth-order valence-corrected chi connectivity index (χ4v) is 8.23. The molecule has 1 aromatic carbocycles.